The largest absolute Gasteiger partial charge is 0.481 e. The number of carbonyl (C=O) groups excluding carboxylic acids is 1. The van der Waals surface area contributed by atoms with Crippen molar-refractivity contribution in [1.82, 2.24) is 10.3 Å². The number of hydrogen-bond acceptors (Lipinski definition) is 5. The number of rotatable bonds is 4. The maximum absolute atomic E-state index is 11.7. The molecule has 0 aliphatic carbocycles. The Balaban J connectivity index is 2.76. The van der Waals surface area contributed by atoms with Crippen molar-refractivity contribution < 1.29 is 19.4 Å². The third kappa shape index (κ3) is 5.69. The van der Waals surface area contributed by atoms with Crippen LogP contribution < -0.4 is 5.32 Å². The van der Waals surface area contributed by atoms with E-state index >= 15 is 0 Å². The molecular formula is C12H18N2O4S. The molecule has 1 amide bonds. The van der Waals surface area contributed by atoms with Gasteiger partial charge in [-0.05, 0) is 27.7 Å². The minimum Gasteiger partial charge on any atom is -0.481 e. The van der Waals surface area contributed by atoms with Crippen molar-refractivity contribution in [2.75, 3.05) is 0 Å². The molecule has 1 aromatic rings. The lowest BCUT2D eigenvalue weighted by Gasteiger charge is -2.22. The van der Waals surface area contributed by atoms with Crippen molar-refractivity contribution in [3.8, 4) is 0 Å². The van der Waals surface area contributed by atoms with Crippen LogP contribution in [0.1, 0.15) is 43.1 Å². The number of aryl methyl sites for hydroxylation is 1. The first kappa shape index (κ1) is 15.4. The summed E-state index contributed by atoms with van der Waals surface area (Å²) in [5.74, 6) is -1.01. The third-order valence-corrected chi connectivity index (χ3v) is 3.03. The molecule has 0 bridgehead atoms. The monoisotopic (exact) mass is 286 g/mol. The van der Waals surface area contributed by atoms with Crippen LogP contribution in [0.25, 0.3) is 0 Å². The van der Waals surface area contributed by atoms with E-state index in [2.05, 4.69) is 10.3 Å². The number of hydrogen-bond donors (Lipinski definition) is 2. The predicted octanol–water partition coefficient (Wildman–Crippen LogP) is 2.49. The summed E-state index contributed by atoms with van der Waals surface area (Å²) in [5, 5.41) is 12.0. The second-order valence-electron chi connectivity index (χ2n) is 5.11. The van der Waals surface area contributed by atoms with Gasteiger partial charge in [0.25, 0.3) is 0 Å². The molecule has 0 fully saturated rings. The zero-order chi connectivity index (χ0) is 14.6. The summed E-state index contributed by atoms with van der Waals surface area (Å²) in [6.07, 6.45) is 0.768. The summed E-state index contributed by atoms with van der Waals surface area (Å²) in [6.45, 7) is 7.09. The molecule has 0 aromatic carbocycles. The summed E-state index contributed by atoms with van der Waals surface area (Å²) >= 11 is 1.35. The van der Waals surface area contributed by atoms with Gasteiger partial charge in [-0.3, -0.25) is 4.79 Å². The Bertz CT molecular complexity index is 465. The highest BCUT2D eigenvalue weighted by Gasteiger charge is 2.24. The van der Waals surface area contributed by atoms with Crippen LogP contribution in [-0.4, -0.2) is 27.8 Å². The number of alkyl carbamates (subject to hydrolysis) is 1. The molecular weight excluding hydrogens is 268 g/mol. The van der Waals surface area contributed by atoms with E-state index in [0.29, 0.717) is 5.01 Å². The van der Waals surface area contributed by atoms with Gasteiger partial charge in [0.05, 0.1) is 12.5 Å². The number of nitrogens with one attached hydrogen (secondary N) is 1. The van der Waals surface area contributed by atoms with Crippen LogP contribution in [0.3, 0.4) is 0 Å². The average Bonchev–Trinajstić information content (AvgIpc) is 2.60. The van der Waals surface area contributed by atoms with Crippen molar-refractivity contribution >= 4 is 23.4 Å². The Morgan fingerprint density at radius 1 is 1.53 bits per heavy atom. The van der Waals surface area contributed by atoms with E-state index in [4.69, 9.17) is 9.84 Å². The average molecular weight is 286 g/mol. The van der Waals surface area contributed by atoms with E-state index in [1.165, 1.54) is 11.3 Å². The highest BCUT2D eigenvalue weighted by atomic mass is 32.1. The first-order valence-corrected chi connectivity index (χ1v) is 6.62. The van der Waals surface area contributed by atoms with Crippen molar-refractivity contribution in [3.05, 3.63) is 16.1 Å². The first-order chi connectivity index (χ1) is 8.67. The Hall–Kier alpha value is -1.63. The fourth-order valence-corrected chi connectivity index (χ4v) is 2.18. The van der Waals surface area contributed by atoms with Crippen LogP contribution in [-0.2, 0) is 9.53 Å². The Morgan fingerprint density at radius 3 is 2.58 bits per heavy atom. The summed E-state index contributed by atoms with van der Waals surface area (Å²) < 4.78 is 5.11. The van der Waals surface area contributed by atoms with E-state index in [1.54, 1.807) is 27.0 Å². The smallest absolute Gasteiger partial charge is 0.408 e. The van der Waals surface area contributed by atoms with Crippen molar-refractivity contribution in [1.29, 1.82) is 0 Å². The molecule has 1 aromatic heterocycles. The standard InChI is InChI=1S/C12H18N2O4S/c1-7-6-13-10(19-7)8(5-9(15)16)14-11(17)18-12(2,3)4/h6,8H,5H2,1-4H3,(H,14,17)(H,15,16)/t8-/m1/s1. The topological polar surface area (TPSA) is 88.5 Å². The van der Waals surface area contributed by atoms with Crippen molar-refractivity contribution in [3.63, 3.8) is 0 Å². The number of carbonyl (C=O) groups is 2. The lowest BCUT2D eigenvalue weighted by atomic mass is 10.2. The highest BCUT2D eigenvalue weighted by molar-refractivity contribution is 7.11. The van der Waals surface area contributed by atoms with Gasteiger partial charge in [0.1, 0.15) is 10.6 Å². The van der Waals surface area contributed by atoms with Crippen LogP contribution in [0.15, 0.2) is 6.20 Å². The maximum atomic E-state index is 11.7. The summed E-state index contributed by atoms with van der Waals surface area (Å²) in [6, 6.07) is -0.675. The van der Waals surface area contributed by atoms with E-state index in [0.717, 1.165) is 4.88 Å². The normalized spacial score (nSPS) is 12.8. The summed E-state index contributed by atoms with van der Waals surface area (Å²) in [7, 11) is 0. The molecule has 0 aliphatic rings. The molecule has 2 N–H and O–H groups in total. The van der Waals surface area contributed by atoms with Gasteiger partial charge < -0.3 is 15.2 Å². The van der Waals surface area contributed by atoms with Crippen LogP contribution in [0.5, 0.6) is 0 Å². The number of nitrogens with zero attached hydrogens (tertiary/aromatic N) is 1. The van der Waals surface area contributed by atoms with Crippen LogP contribution >= 0.6 is 11.3 Å². The number of ether oxygens (including phenoxy) is 1. The van der Waals surface area contributed by atoms with Crippen LogP contribution in [0, 0.1) is 6.92 Å². The van der Waals surface area contributed by atoms with Gasteiger partial charge >= 0.3 is 12.1 Å². The lowest BCUT2D eigenvalue weighted by molar-refractivity contribution is -0.137. The van der Waals surface area contributed by atoms with Gasteiger partial charge in [0.15, 0.2) is 0 Å². The summed E-state index contributed by atoms with van der Waals surface area (Å²) in [5.41, 5.74) is -0.628. The van der Waals surface area contributed by atoms with Crippen LogP contribution in [0.2, 0.25) is 0 Å². The predicted molar refractivity (Wildman–Crippen MR) is 71.2 cm³/mol. The Kier molecular flexibility index (Phi) is 4.88. The van der Waals surface area contributed by atoms with E-state index in [9.17, 15) is 9.59 Å². The quantitative estimate of drug-likeness (QED) is 0.887. The molecule has 19 heavy (non-hydrogen) atoms. The number of aliphatic carboxylic acids is 1. The zero-order valence-corrected chi connectivity index (χ0v) is 12.2. The molecule has 1 heterocycles. The molecule has 1 atom stereocenters. The lowest BCUT2D eigenvalue weighted by Crippen LogP contribution is -2.35. The number of thiazole rings is 1. The molecule has 6 nitrogen and oxygen atoms in total. The van der Waals surface area contributed by atoms with Crippen molar-refractivity contribution in [2.45, 2.75) is 45.8 Å². The SMILES string of the molecule is Cc1cnc([C@@H](CC(=O)O)NC(=O)OC(C)(C)C)s1. The van der Waals surface area contributed by atoms with Gasteiger partial charge in [-0.25, -0.2) is 9.78 Å². The molecule has 0 radical (unpaired) electrons. The molecule has 106 valence electrons. The second-order valence-corrected chi connectivity index (χ2v) is 6.37. The Morgan fingerprint density at radius 2 is 2.16 bits per heavy atom. The van der Waals surface area contributed by atoms with E-state index in [1.807, 2.05) is 6.92 Å². The molecule has 1 rings (SSSR count). The molecule has 0 saturated carbocycles. The number of amides is 1. The van der Waals surface area contributed by atoms with Gasteiger partial charge in [-0.15, -0.1) is 11.3 Å². The molecule has 0 saturated heterocycles. The first-order valence-electron chi connectivity index (χ1n) is 5.81. The highest BCUT2D eigenvalue weighted by Crippen LogP contribution is 2.22. The fraction of sp³-hybridized carbons (Fsp3) is 0.583. The molecule has 0 unspecified atom stereocenters. The minimum absolute atomic E-state index is 0.230. The van der Waals surface area contributed by atoms with Gasteiger partial charge in [-0.1, -0.05) is 0 Å². The molecule has 0 aliphatic heterocycles. The third-order valence-electron chi connectivity index (χ3n) is 2.01. The molecule has 7 heteroatoms. The Labute approximate surface area is 115 Å². The van der Waals surface area contributed by atoms with E-state index in [-0.39, 0.29) is 6.42 Å². The zero-order valence-electron chi connectivity index (χ0n) is 11.4. The number of aromatic nitrogens is 1. The second kappa shape index (κ2) is 6.01. The fourth-order valence-electron chi connectivity index (χ4n) is 1.36. The number of carboxylic acid groups (broad SMARTS) is 1. The van der Waals surface area contributed by atoms with Gasteiger partial charge in [-0.2, -0.15) is 0 Å². The van der Waals surface area contributed by atoms with Crippen molar-refractivity contribution in [2.24, 2.45) is 0 Å². The maximum Gasteiger partial charge on any atom is 0.408 e. The van der Waals surface area contributed by atoms with Crippen LogP contribution in [0.4, 0.5) is 4.79 Å². The van der Waals surface area contributed by atoms with E-state index < -0.39 is 23.7 Å². The summed E-state index contributed by atoms with van der Waals surface area (Å²) in [4.78, 5) is 27.6. The van der Waals surface area contributed by atoms with Gasteiger partial charge in [0.2, 0.25) is 0 Å². The van der Waals surface area contributed by atoms with Gasteiger partial charge in [0, 0.05) is 11.1 Å². The number of carboxylic acids is 1. The molecule has 0 spiro atoms. The minimum atomic E-state index is -1.01.